The first-order valence-corrected chi connectivity index (χ1v) is 6.96. The van der Waals surface area contributed by atoms with E-state index in [2.05, 4.69) is 0 Å². The molecule has 0 N–H and O–H groups in total. The van der Waals surface area contributed by atoms with Crippen molar-refractivity contribution in [3.63, 3.8) is 0 Å². The van der Waals surface area contributed by atoms with E-state index in [0.29, 0.717) is 5.78 Å². The Morgan fingerprint density at radius 2 is 1.05 bits per heavy atom. The lowest BCUT2D eigenvalue weighted by Crippen LogP contribution is -2.07. The van der Waals surface area contributed by atoms with Crippen molar-refractivity contribution in [2.75, 3.05) is 14.2 Å². The first-order valence-electron chi connectivity index (χ1n) is 6.96. The molecule has 1 fully saturated rings. The highest BCUT2D eigenvalue weighted by Crippen LogP contribution is 2.10. The molecule has 2 aromatic carbocycles. The van der Waals surface area contributed by atoms with Crippen LogP contribution < -0.4 is 9.47 Å². The number of para-hydroxylation sites is 2. The van der Waals surface area contributed by atoms with E-state index in [1.54, 1.807) is 14.2 Å². The standard InChI is InChI=1S/2C7H8O.C4H6O/c2*1-8-7-5-3-2-4-6-7;5-4-2-1-3-4/h2*2-6H,1H3;1-3H2. The molecule has 0 heterocycles. The van der Waals surface area contributed by atoms with Crippen LogP contribution in [0, 0.1) is 0 Å². The van der Waals surface area contributed by atoms with Gasteiger partial charge in [-0.2, -0.15) is 0 Å². The molecule has 0 spiro atoms. The van der Waals surface area contributed by atoms with E-state index in [4.69, 9.17) is 9.47 Å². The van der Waals surface area contributed by atoms with Gasteiger partial charge in [-0.05, 0) is 30.7 Å². The highest BCUT2D eigenvalue weighted by Gasteiger charge is 2.09. The number of benzene rings is 2. The van der Waals surface area contributed by atoms with Crippen LogP contribution in [0.15, 0.2) is 60.7 Å². The Morgan fingerprint density at radius 1 is 0.714 bits per heavy atom. The molecule has 3 rings (SSSR count). The van der Waals surface area contributed by atoms with Gasteiger partial charge >= 0.3 is 0 Å². The highest BCUT2D eigenvalue weighted by molar-refractivity contribution is 5.83. The minimum Gasteiger partial charge on any atom is -0.497 e. The van der Waals surface area contributed by atoms with Gasteiger partial charge in [0.05, 0.1) is 14.2 Å². The lowest BCUT2D eigenvalue weighted by Gasteiger charge is -2.05. The van der Waals surface area contributed by atoms with E-state index < -0.39 is 0 Å². The van der Waals surface area contributed by atoms with E-state index in [-0.39, 0.29) is 0 Å². The third-order valence-electron chi connectivity index (χ3n) is 2.87. The van der Waals surface area contributed by atoms with Crippen LogP contribution in [0.25, 0.3) is 0 Å². The Hall–Kier alpha value is -2.29. The van der Waals surface area contributed by atoms with E-state index in [0.717, 1.165) is 30.8 Å². The Labute approximate surface area is 126 Å². The number of hydrogen-bond donors (Lipinski definition) is 0. The van der Waals surface area contributed by atoms with Gasteiger partial charge in [-0.25, -0.2) is 0 Å². The third-order valence-corrected chi connectivity index (χ3v) is 2.87. The zero-order chi connectivity index (χ0) is 15.3. The smallest absolute Gasteiger partial charge is 0.132 e. The molecule has 0 atom stereocenters. The maximum Gasteiger partial charge on any atom is 0.132 e. The van der Waals surface area contributed by atoms with Crippen LogP contribution in [0.3, 0.4) is 0 Å². The maximum atomic E-state index is 9.90. The summed E-state index contributed by atoms with van der Waals surface area (Å²) >= 11 is 0. The van der Waals surface area contributed by atoms with Crippen molar-refractivity contribution in [1.82, 2.24) is 0 Å². The first-order chi connectivity index (χ1) is 10.3. The summed E-state index contributed by atoms with van der Waals surface area (Å²) in [5.41, 5.74) is 0. The van der Waals surface area contributed by atoms with Crippen molar-refractivity contribution < 1.29 is 14.3 Å². The fourth-order valence-electron chi connectivity index (χ4n) is 1.43. The van der Waals surface area contributed by atoms with E-state index >= 15 is 0 Å². The predicted octanol–water partition coefficient (Wildman–Crippen LogP) is 4.13. The number of carbonyl (C=O) groups excluding carboxylic acids is 1. The molecular formula is C18H22O3. The Balaban J connectivity index is 0.000000162. The topological polar surface area (TPSA) is 35.5 Å². The Kier molecular flexibility index (Phi) is 8.38. The van der Waals surface area contributed by atoms with Gasteiger partial charge in [-0.3, -0.25) is 4.79 Å². The summed E-state index contributed by atoms with van der Waals surface area (Å²) in [5.74, 6) is 2.25. The van der Waals surface area contributed by atoms with Crippen LogP contribution in [0.4, 0.5) is 0 Å². The molecule has 0 bridgehead atoms. The number of methoxy groups -OCH3 is 2. The molecule has 0 aromatic heterocycles. The van der Waals surface area contributed by atoms with Gasteiger partial charge < -0.3 is 9.47 Å². The maximum absolute atomic E-state index is 9.90. The molecule has 0 saturated heterocycles. The SMILES string of the molecule is COc1ccccc1.COc1ccccc1.O=C1CCC1. The van der Waals surface area contributed by atoms with E-state index in [1.165, 1.54) is 0 Å². The second kappa shape index (κ2) is 10.5. The van der Waals surface area contributed by atoms with Crippen molar-refractivity contribution in [2.45, 2.75) is 19.3 Å². The number of carbonyl (C=O) groups is 1. The quantitative estimate of drug-likeness (QED) is 0.832. The van der Waals surface area contributed by atoms with Gasteiger partial charge in [0.1, 0.15) is 17.3 Å². The van der Waals surface area contributed by atoms with Gasteiger partial charge in [0, 0.05) is 12.8 Å². The molecular weight excluding hydrogens is 264 g/mol. The third kappa shape index (κ3) is 7.78. The summed E-state index contributed by atoms with van der Waals surface area (Å²) in [7, 11) is 3.32. The summed E-state index contributed by atoms with van der Waals surface area (Å²) in [5, 5.41) is 0. The predicted molar refractivity (Wildman–Crippen MR) is 84.8 cm³/mol. The number of ketones is 1. The molecule has 0 unspecified atom stereocenters. The minimum absolute atomic E-state index is 0.435. The molecule has 1 aliphatic carbocycles. The van der Waals surface area contributed by atoms with Crippen molar-refractivity contribution in [1.29, 1.82) is 0 Å². The summed E-state index contributed by atoms with van der Waals surface area (Å²) in [6.07, 6.45) is 2.83. The van der Waals surface area contributed by atoms with Crippen LogP contribution in [-0.2, 0) is 4.79 Å². The molecule has 0 aliphatic heterocycles. The second-order valence-corrected chi connectivity index (χ2v) is 4.43. The molecule has 112 valence electrons. The van der Waals surface area contributed by atoms with Crippen molar-refractivity contribution in [2.24, 2.45) is 0 Å². The van der Waals surface area contributed by atoms with Gasteiger partial charge in [0.15, 0.2) is 0 Å². The number of Topliss-reactive ketones (excluding diaryl/α,β-unsaturated/α-hetero) is 1. The van der Waals surface area contributed by atoms with Crippen LogP contribution in [0.1, 0.15) is 19.3 Å². The summed E-state index contributed by atoms with van der Waals surface area (Å²) in [4.78, 5) is 9.90. The molecule has 3 heteroatoms. The zero-order valence-corrected chi connectivity index (χ0v) is 12.6. The first kappa shape index (κ1) is 16.8. The van der Waals surface area contributed by atoms with Crippen LogP contribution in [0.2, 0.25) is 0 Å². The molecule has 21 heavy (non-hydrogen) atoms. The Morgan fingerprint density at radius 3 is 1.19 bits per heavy atom. The van der Waals surface area contributed by atoms with Crippen LogP contribution in [-0.4, -0.2) is 20.0 Å². The average Bonchev–Trinajstić information content (AvgIpc) is 2.55. The van der Waals surface area contributed by atoms with Gasteiger partial charge in [-0.1, -0.05) is 36.4 Å². The molecule has 2 aromatic rings. The van der Waals surface area contributed by atoms with Crippen molar-refractivity contribution in [3.05, 3.63) is 60.7 Å². The fourth-order valence-corrected chi connectivity index (χ4v) is 1.43. The zero-order valence-electron chi connectivity index (χ0n) is 12.6. The summed E-state index contributed by atoms with van der Waals surface area (Å²) < 4.78 is 9.83. The van der Waals surface area contributed by atoms with Gasteiger partial charge in [0.25, 0.3) is 0 Å². The number of ether oxygens (including phenoxy) is 2. The molecule has 1 aliphatic rings. The van der Waals surface area contributed by atoms with Crippen LogP contribution in [0.5, 0.6) is 11.5 Å². The lowest BCUT2D eigenvalue weighted by molar-refractivity contribution is -0.123. The summed E-state index contributed by atoms with van der Waals surface area (Å²) in [6.45, 7) is 0. The average molecular weight is 286 g/mol. The molecule has 3 nitrogen and oxygen atoms in total. The van der Waals surface area contributed by atoms with Gasteiger partial charge in [0.2, 0.25) is 0 Å². The normalized spacial score (nSPS) is 11.8. The number of hydrogen-bond acceptors (Lipinski definition) is 3. The summed E-state index contributed by atoms with van der Waals surface area (Å²) in [6, 6.07) is 19.4. The van der Waals surface area contributed by atoms with Gasteiger partial charge in [-0.15, -0.1) is 0 Å². The highest BCUT2D eigenvalue weighted by atomic mass is 16.5. The second-order valence-electron chi connectivity index (χ2n) is 4.43. The lowest BCUT2D eigenvalue weighted by atomic mass is 9.99. The molecule has 0 radical (unpaired) electrons. The van der Waals surface area contributed by atoms with Crippen LogP contribution >= 0.6 is 0 Å². The van der Waals surface area contributed by atoms with E-state index in [1.807, 2.05) is 60.7 Å². The number of rotatable bonds is 2. The van der Waals surface area contributed by atoms with E-state index in [9.17, 15) is 4.79 Å². The minimum atomic E-state index is 0.435. The fraction of sp³-hybridized carbons (Fsp3) is 0.278. The van der Waals surface area contributed by atoms with Crippen molar-refractivity contribution in [3.8, 4) is 11.5 Å². The molecule has 1 saturated carbocycles. The van der Waals surface area contributed by atoms with Crippen molar-refractivity contribution >= 4 is 5.78 Å². The Bertz CT molecular complexity index is 449. The molecule has 0 amide bonds. The largest absolute Gasteiger partial charge is 0.497 e. The monoisotopic (exact) mass is 286 g/mol.